The molecule has 0 fully saturated rings. The van der Waals surface area contributed by atoms with Gasteiger partial charge in [0, 0.05) is 5.56 Å². The average molecular weight is 300 g/mol. The minimum atomic E-state index is -3.22. The maximum atomic E-state index is 13.5. The van der Waals surface area contributed by atoms with Crippen molar-refractivity contribution in [1.82, 2.24) is 0 Å². The molecule has 0 spiro atoms. The van der Waals surface area contributed by atoms with E-state index in [9.17, 15) is 35.1 Å². The van der Waals surface area contributed by atoms with Crippen LogP contribution in [0.1, 0.15) is 5.56 Å². The third kappa shape index (κ3) is 1.99. The van der Waals surface area contributed by atoms with Crippen LogP contribution in [0.4, 0.5) is 35.1 Å². The quantitative estimate of drug-likeness (QED) is 0.524. The molecule has 1 aromatic rings. The van der Waals surface area contributed by atoms with Crippen LogP contribution in [0, 0.1) is 17.5 Å². The number of hydrogen-bond donors (Lipinski definition) is 0. The van der Waals surface area contributed by atoms with Crippen molar-refractivity contribution in [2.75, 3.05) is 0 Å². The SMILES string of the molecule is FC1=C(F)[C@H](F)[C@@H](F)C(F)=C1c1ccc(F)c(F)c1F. The van der Waals surface area contributed by atoms with E-state index in [1.54, 1.807) is 0 Å². The van der Waals surface area contributed by atoms with Gasteiger partial charge in [-0.1, -0.05) is 0 Å². The summed E-state index contributed by atoms with van der Waals surface area (Å²) in [7, 11) is 0. The van der Waals surface area contributed by atoms with Crippen LogP contribution in [-0.2, 0) is 0 Å². The molecule has 0 amide bonds. The summed E-state index contributed by atoms with van der Waals surface area (Å²) >= 11 is 0. The molecule has 0 aromatic heterocycles. The average Bonchev–Trinajstić information content (AvgIpc) is 2.43. The van der Waals surface area contributed by atoms with Crippen molar-refractivity contribution < 1.29 is 35.1 Å². The summed E-state index contributed by atoms with van der Waals surface area (Å²) in [5, 5.41) is 0. The summed E-state index contributed by atoms with van der Waals surface area (Å²) in [6.07, 6.45) is -6.41. The molecule has 0 aliphatic heterocycles. The number of alkyl halides is 2. The maximum absolute atomic E-state index is 13.5. The Labute approximate surface area is 107 Å². The van der Waals surface area contributed by atoms with Gasteiger partial charge in [-0.3, -0.25) is 0 Å². The van der Waals surface area contributed by atoms with Gasteiger partial charge in [0.2, 0.25) is 0 Å². The zero-order valence-electron chi connectivity index (χ0n) is 9.33. The second kappa shape index (κ2) is 4.92. The lowest BCUT2D eigenvalue weighted by Gasteiger charge is -2.20. The second-order valence-electron chi connectivity index (χ2n) is 3.91. The molecule has 0 N–H and O–H groups in total. The molecule has 0 heterocycles. The van der Waals surface area contributed by atoms with Crippen LogP contribution >= 0.6 is 0 Å². The fourth-order valence-electron chi connectivity index (χ4n) is 1.71. The Bertz CT molecular complexity index is 631. The second-order valence-corrected chi connectivity index (χ2v) is 3.91. The van der Waals surface area contributed by atoms with Gasteiger partial charge in [0.25, 0.3) is 0 Å². The van der Waals surface area contributed by atoms with Crippen molar-refractivity contribution in [1.29, 1.82) is 0 Å². The molecule has 20 heavy (non-hydrogen) atoms. The summed E-state index contributed by atoms with van der Waals surface area (Å²) in [6, 6.07) is 0.703. The lowest BCUT2D eigenvalue weighted by molar-refractivity contribution is 0.170. The molecule has 2 atom stereocenters. The van der Waals surface area contributed by atoms with Gasteiger partial charge in [0.15, 0.2) is 41.4 Å². The van der Waals surface area contributed by atoms with E-state index >= 15 is 0 Å². The topological polar surface area (TPSA) is 0 Å². The summed E-state index contributed by atoms with van der Waals surface area (Å²) in [5.41, 5.74) is -2.86. The van der Waals surface area contributed by atoms with Crippen LogP contribution in [0.5, 0.6) is 0 Å². The summed E-state index contributed by atoms with van der Waals surface area (Å²) in [6.45, 7) is 0. The van der Waals surface area contributed by atoms with Gasteiger partial charge in [0.05, 0.1) is 5.57 Å². The molecule has 0 nitrogen and oxygen atoms in total. The van der Waals surface area contributed by atoms with Crippen LogP contribution in [-0.4, -0.2) is 12.3 Å². The van der Waals surface area contributed by atoms with Crippen LogP contribution in [0.2, 0.25) is 0 Å². The first-order valence-electron chi connectivity index (χ1n) is 5.14. The summed E-state index contributed by atoms with van der Waals surface area (Å²) in [5.74, 6) is -12.4. The van der Waals surface area contributed by atoms with Crippen LogP contribution in [0.15, 0.2) is 29.6 Å². The molecular weight excluding hydrogens is 296 g/mol. The Hall–Kier alpha value is -1.86. The molecule has 0 saturated carbocycles. The van der Waals surface area contributed by atoms with E-state index in [1.165, 1.54) is 0 Å². The highest BCUT2D eigenvalue weighted by molar-refractivity contribution is 5.81. The molecule has 2 rings (SSSR count). The molecule has 0 bridgehead atoms. The predicted octanol–water partition coefficient (Wildman–Crippen LogP) is 4.62. The summed E-state index contributed by atoms with van der Waals surface area (Å²) in [4.78, 5) is 0. The van der Waals surface area contributed by atoms with Crippen LogP contribution in [0.25, 0.3) is 5.57 Å². The molecule has 0 saturated heterocycles. The van der Waals surface area contributed by atoms with Crippen molar-refractivity contribution in [3.63, 3.8) is 0 Å². The van der Waals surface area contributed by atoms with Gasteiger partial charge >= 0.3 is 0 Å². The highest BCUT2D eigenvalue weighted by Gasteiger charge is 2.41. The van der Waals surface area contributed by atoms with Crippen LogP contribution in [0.3, 0.4) is 0 Å². The van der Waals surface area contributed by atoms with Gasteiger partial charge < -0.3 is 0 Å². The third-order valence-corrected chi connectivity index (χ3v) is 2.71. The zero-order chi connectivity index (χ0) is 15.2. The van der Waals surface area contributed by atoms with E-state index in [4.69, 9.17) is 0 Å². The Balaban J connectivity index is 2.72. The molecule has 1 aromatic carbocycles. The van der Waals surface area contributed by atoms with Crippen molar-refractivity contribution >= 4 is 5.57 Å². The van der Waals surface area contributed by atoms with Crippen LogP contribution < -0.4 is 0 Å². The van der Waals surface area contributed by atoms with Gasteiger partial charge in [-0.15, -0.1) is 0 Å². The molecule has 0 radical (unpaired) electrons. The van der Waals surface area contributed by atoms with E-state index in [-0.39, 0.29) is 0 Å². The van der Waals surface area contributed by atoms with Gasteiger partial charge in [-0.05, 0) is 12.1 Å². The van der Waals surface area contributed by atoms with Crippen molar-refractivity contribution in [3.05, 3.63) is 52.6 Å². The first kappa shape index (κ1) is 14.5. The monoisotopic (exact) mass is 300 g/mol. The Kier molecular flexibility index (Phi) is 3.58. The molecule has 1 aliphatic rings. The number of hydrogen-bond acceptors (Lipinski definition) is 0. The molecule has 8 heteroatoms. The zero-order valence-corrected chi connectivity index (χ0v) is 9.33. The normalized spacial score (nSPS) is 23.6. The highest BCUT2D eigenvalue weighted by atomic mass is 19.2. The van der Waals surface area contributed by atoms with E-state index < -0.39 is 58.4 Å². The van der Waals surface area contributed by atoms with E-state index in [2.05, 4.69) is 0 Å². The minimum Gasteiger partial charge on any atom is -0.236 e. The molecule has 108 valence electrons. The smallest absolute Gasteiger partial charge is 0.195 e. The molecule has 1 aliphatic carbocycles. The predicted molar refractivity (Wildman–Crippen MR) is 53.4 cm³/mol. The van der Waals surface area contributed by atoms with E-state index in [0.717, 1.165) is 0 Å². The first-order valence-corrected chi connectivity index (χ1v) is 5.14. The Morgan fingerprint density at radius 1 is 0.700 bits per heavy atom. The number of benzene rings is 1. The highest BCUT2D eigenvalue weighted by Crippen LogP contribution is 2.42. The van der Waals surface area contributed by atoms with E-state index in [0.29, 0.717) is 12.1 Å². The van der Waals surface area contributed by atoms with Gasteiger partial charge in [-0.25, -0.2) is 35.1 Å². The van der Waals surface area contributed by atoms with Crippen molar-refractivity contribution in [3.8, 4) is 0 Å². The minimum absolute atomic E-state index is 0.313. The van der Waals surface area contributed by atoms with Gasteiger partial charge in [-0.2, -0.15) is 0 Å². The largest absolute Gasteiger partial charge is 0.236 e. The van der Waals surface area contributed by atoms with Gasteiger partial charge in [0.1, 0.15) is 5.83 Å². The third-order valence-electron chi connectivity index (χ3n) is 2.71. The fraction of sp³-hybridized carbons (Fsp3) is 0.167. The fourth-order valence-corrected chi connectivity index (χ4v) is 1.71. The maximum Gasteiger partial charge on any atom is 0.195 e. The number of rotatable bonds is 1. The summed E-state index contributed by atoms with van der Waals surface area (Å²) < 4.78 is 105. The Morgan fingerprint density at radius 3 is 1.85 bits per heavy atom. The number of halogens is 8. The Morgan fingerprint density at radius 2 is 1.25 bits per heavy atom. The molecular formula is C12H4F8. The first-order chi connectivity index (χ1) is 9.27. The van der Waals surface area contributed by atoms with E-state index in [1.807, 2.05) is 0 Å². The van der Waals surface area contributed by atoms with Crippen molar-refractivity contribution in [2.24, 2.45) is 0 Å². The lowest BCUT2D eigenvalue weighted by atomic mass is 9.94. The lowest BCUT2D eigenvalue weighted by Crippen LogP contribution is -2.25. The standard InChI is InChI=1S/C12H4F8/c13-4-2-1-3(6(14)7(4)15)5-8(16)10(18)12(20)11(19)9(5)17/h1-2,10,12H/t10-,12+/m0/s1. The van der Waals surface area contributed by atoms with Crippen molar-refractivity contribution in [2.45, 2.75) is 12.3 Å². The number of allylic oxidation sites excluding steroid dienone is 4. The molecule has 0 unspecified atom stereocenters.